The van der Waals surface area contributed by atoms with E-state index in [1.807, 2.05) is 31.2 Å². The summed E-state index contributed by atoms with van der Waals surface area (Å²) < 4.78 is 0. The molecule has 0 aromatic heterocycles. The Labute approximate surface area is 147 Å². The zero-order valence-corrected chi connectivity index (χ0v) is 14.5. The van der Waals surface area contributed by atoms with Crippen LogP contribution in [0, 0.1) is 6.92 Å². The number of benzene rings is 1. The summed E-state index contributed by atoms with van der Waals surface area (Å²) in [4.78, 5) is 37.2. The normalized spacial score (nSPS) is 15.6. The topological polar surface area (TPSA) is 119 Å². The number of hydrogen-bond donors (Lipinski definition) is 3. The van der Waals surface area contributed by atoms with E-state index in [2.05, 4.69) is 5.32 Å². The number of urea groups is 1. The van der Waals surface area contributed by atoms with Gasteiger partial charge in [-0.15, -0.1) is 0 Å². The first-order valence-electron chi connectivity index (χ1n) is 8.57. The lowest BCUT2D eigenvalue weighted by Crippen LogP contribution is -2.46. The van der Waals surface area contributed by atoms with Crippen LogP contribution in [0.15, 0.2) is 24.3 Å². The van der Waals surface area contributed by atoms with E-state index in [9.17, 15) is 14.4 Å². The summed E-state index contributed by atoms with van der Waals surface area (Å²) >= 11 is 0. The molecule has 1 fully saturated rings. The van der Waals surface area contributed by atoms with E-state index in [0.29, 0.717) is 0 Å². The Morgan fingerprint density at radius 1 is 1.24 bits per heavy atom. The van der Waals surface area contributed by atoms with Crippen LogP contribution in [0.1, 0.15) is 49.3 Å². The molecule has 0 saturated heterocycles. The van der Waals surface area contributed by atoms with Gasteiger partial charge in [0, 0.05) is 6.04 Å². The van der Waals surface area contributed by atoms with Gasteiger partial charge in [0.2, 0.25) is 11.8 Å². The number of nitrogens with two attached hydrogens (primary N) is 2. The van der Waals surface area contributed by atoms with Crippen LogP contribution in [0.2, 0.25) is 0 Å². The van der Waals surface area contributed by atoms with Crippen molar-refractivity contribution in [2.24, 2.45) is 11.5 Å². The van der Waals surface area contributed by atoms with Crippen LogP contribution in [0.5, 0.6) is 0 Å². The number of aryl methyl sites for hydroxylation is 1. The molecule has 1 saturated carbocycles. The first-order valence-corrected chi connectivity index (χ1v) is 8.57. The molecule has 1 atom stereocenters. The van der Waals surface area contributed by atoms with Gasteiger partial charge in [0.05, 0.1) is 19.0 Å². The molecule has 1 aromatic carbocycles. The maximum atomic E-state index is 12.8. The number of amides is 4. The van der Waals surface area contributed by atoms with Crippen molar-refractivity contribution in [3.63, 3.8) is 0 Å². The van der Waals surface area contributed by atoms with Gasteiger partial charge in [-0.1, -0.05) is 42.7 Å². The van der Waals surface area contributed by atoms with Gasteiger partial charge in [0.15, 0.2) is 0 Å². The van der Waals surface area contributed by atoms with E-state index in [1.165, 1.54) is 0 Å². The molecule has 1 aliphatic carbocycles. The molecule has 0 radical (unpaired) electrons. The Balaban J connectivity index is 2.18. The third kappa shape index (κ3) is 5.48. The fourth-order valence-electron chi connectivity index (χ4n) is 3.41. The smallest absolute Gasteiger partial charge is 0.312 e. The summed E-state index contributed by atoms with van der Waals surface area (Å²) in [5.41, 5.74) is 12.4. The summed E-state index contributed by atoms with van der Waals surface area (Å²) in [6.45, 7) is 1.84. The highest BCUT2D eigenvalue weighted by molar-refractivity contribution is 5.85. The third-order valence-electron chi connectivity index (χ3n) is 4.55. The van der Waals surface area contributed by atoms with Gasteiger partial charge in [-0.2, -0.15) is 0 Å². The molecular weight excluding hydrogens is 320 g/mol. The van der Waals surface area contributed by atoms with Crippen LogP contribution >= 0.6 is 0 Å². The van der Waals surface area contributed by atoms with Gasteiger partial charge < -0.3 is 21.7 Å². The molecular formula is C18H26N4O3. The maximum Gasteiger partial charge on any atom is 0.312 e. The molecule has 1 aliphatic rings. The van der Waals surface area contributed by atoms with Crippen molar-refractivity contribution in [3.8, 4) is 0 Å². The summed E-state index contributed by atoms with van der Waals surface area (Å²) in [5, 5.41) is 2.63. The predicted molar refractivity (Wildman–Crippen MR) is 94.4 cm³/mol. The number of primary amides is 2. The van der Waals surface area contributed by atoms with Gasteiger partial charge in [0.25, 0.3) is 0 Å². The van der Waals surface area contributed by atoms with E-state index in [1.54, 1.807) is 4.90 Å². The molecule has 4 amide bonds. The monoisotopic (exact) mass is 346 g/mol. The molecule has 7 nitrogen and oxygen atoms in total. The lowest BCUT2D eigenvalue weighted by atomic mass is 10.0. The summed E-state index contributed by atoms with van der Waals surface area (Å²) in [7, 11) is 0. The van der Waals surface area contributed by atoms with E-state index in [4.69, 9.17) is 11.5 Å². The minimum Gasteiger partial charge on any atom is -0.368 e. The number of nitrogens with zero attached hydrogens (tertiary/aromatic N) is 1. The van der Waals surface area contributed by atoms with Crippen LogP contribution in [0.4, 0.5) is 4.79 Å². The lowest BCUT2D eigenvalue weighted by molar-refractivity contribution is -0.137. The van der Waals surface area contributed by atoms with Gasteiger partial charge in [-0.05, 0) is 25.3 Å². The summed E-state index contributed by atoms with van der Waals surface area (Å²) in [5.74, 6) is -0.735. The first kappa shape index (κ1) is 18.8. The van der Waals surface area contributed by atoms with Crippen LogP contribution in [-0.4, -0.2) is 35.3 Å². The van der Waals surface area contributed by atoms with Crippen LogP contribution < -0.4 is 16.8 Å². The molecule has 1 aromatic rings. The highest BCUT2D eigenvalue weighted by Crippen LogP contribution is 2.26. The summed E-state index contributed by atoms with van der Waals surface area (Å²) in [6, 6.07) is 6.35. The fraction of sp³-hybridized carbons (Fsp3) is 0.500. The lowest BCUT2D eigenvalue weighted by Gasteiger charge is -2.29. The van der Waals surface area contributed by atoms with Crippen molar-refractivity contribution in [3.05, 3.63) is 35.4 Å². The van der Waals surface area contributed by atoms with Crippen molar-refractivity contribution < 1.29 is 14.4 Å². The van der Waals surface area contributed by atoms with Crippen molar-refractivity contribution in [1.82, 2.24) is 10.2 Å². The second-order valence-electron chi connectivity index (χ2n) is 6.61. The summed E-state index contributed by atoms with van der Waals surface area (Å²) in [6.07, 6.45) is 3.85. The molecule has 7 heteroatoms. The van der Waals surface area contributed by atoms with Crippen LogP contribution in [0.25, 0.3) is 0 Å². The molecule has 0 aliphatic heterocycles. The van der Waals surface area contributed by atoms with Crippen molar-refractivity contribution >= 4 is 17.8 Å². The largest absolute Gasteiger partial charge is 0.368 e. The van der Waals surface area contributed by atoms with Gasteiger partial charge in [-0.25, -0.2) is 4.79 Å². The minimum absolute atomic E-state index is 0.0340. The molecule has 136 valence electrons. The Bertz CT molecular complexity index is 641. The van der Waals surface area contributed by atoms with Gasteiger partial charge >= 0.3 is 6.03 Å². The van der Waals surface area contributed by atoms with Crippen molar-refractivity contribution in [2.45, 2.75) is 51.1 Å². The number of hydrogen-bond acceptors (Lipinski definition) is 3. The Hall–Kier alpha value is -2.57. The molecule has 5 N–H and O–H groups in total. The standard InChI is InChI=1S/C18H26N4O3/c1-12-5-4-6-13(9-12)15(21-18(20)25)10-17(24)22(11-16(19)23)14-7-2-3-8-14/h4-6,9,14-15H,2-3,7-8,10-11H2,1H3,(H2,19,23)(H3,20,21,25)/t15-/m1/s1. The quantitative estimate of drug-likeness (QED) is 0.691. The second-order valence-corrected chi connectivity index (χ2v) is 6.61. The average molecular weight is 346 g/mol. The number of carbonyl (C=O) groups excluding carboxylic acids is 3. The highest BCUT2D eigenvalue weighted by Gasteiger charge is 2.30. The average Bonchev–Trinajstić information content (AvgIpc) is 3.05. The maximum absolute atomic E-state index is 12.8. The first-order chi connectivity index (χ1) is 11.9. The molecule has 0 heterocycles. The van der Waals surface area contributed by atoms with Crippen molar-refractivity contribution in [1.29, 1.82) is 0 Å². The zero-order chi connectivity index (χ0) is 18.4. The minimum atomic E-state index is -0.693. The predicted octanol–water partition coefficient (Wildman–Crippen LogP) is 1.35. The van der Waals surface area contributed by atoms with Crippen molar-refractivity contribution in [2.75, 3.05) is 6.54 Å². The number of nitrogens with one attached hydrogen (secondary N) is 1. The Morgan fingerprint density at radius 3 is 2.48 bits per heavy atom. The number of rotatable bonds is 7. The second kappa shape index (κ2) is 8.50. The molecule has 0 unspecified atom stereocenters. The van der Waals surface area contributed by atoms with E-state index in [-0.39, 0.29) is 24.9 Å². The van der Waals surface area contributed by atoms with E-state index < -0.39 is 18.0 Å². The highest BCUT2D eigenvalue weighted by atomic mass is 16.2. The fourth-order valence-corrected chi connectivity index (χ4v) is 3.41. The molecule has 0 bridgehead atoms. The third-order valence-corrected chi connectivity index (χ3v) is 4.55. The van der Waals surface area contributed by atoms with Gasteiger partial charge in [-0.3, -0.25) is 9.59 Å². The number of carbonyl (C=O) groups is 3. The van der Waals surface area contributed by atoms with E-state index >= 15 is 0 Å². The Kier molecular flexibility index (Phi) is 6.38. The van der Waals surface area contributed by atoms with Gasteiger partial charge in [0.1, 0.15) is 0 Å². The van der Waals surface area contributed by atoms with Crippen LogP contribution in [-0.2, 0) is 9.59 Å². The molecule has 0 spiro atoms. The molecule has 2 rings (SSSR count). The van der Waals surface area contributed by atoms with Crippen LogP contribution in [0.3, 0.4) is 0 Å². The molecule has 25 heavy (non-hydrogen) atoms. The SMILES string of the molecule is Cc1cccc([C@@H](CC(=O)N(CC(N)=O)C2CCCC2)NC(N)=O)c1. The Morgan fingerprint density at radius 2 is 1.92 bits per heavy atom. The zero-order valence-electron chi connectivity index (χ0n) is 14.5. The van der Waals surface area contributed by atoms with E-state index in [0.717, 1.165) is 36.8 Å².